The first-order valence-corrected chi connectivity index (χ1v) is 9.07. The zero-order valence-electron chi connectivity index (χ0n) is 13.4. The highest BCUT2D eigenvalue weighted by molar-refractivity contribution is 4.91. The number of nitrogens with zero attached hydrogens (tertiary/aromatic N) is 1. The Kier molecular flexibility index (Phi) is 4.72. The number of aliphatic hydroxyl groups is 1. The van der Waals surface area contributed by atoms with Crippen molar-refractivity contribution in [2.75, 3.05) is 13.1 Å². The van der Waals surface area contributed by atoms with Crippen LogP contribution < -0.4 is 0 Å². The van der Waals surface area contributed by atoms with Crippen LogP contribution in [0.4, 0.5) is 0 Å². The van der Waals surface area contributed by atoms with E-state index in [2.05, 4.69) is 18.7 Å². The van der Waals surface area contributed by atoms with Crippen molar-refractivity contribution in [2.24, 2.45) is 23.7 Å². The van der Waals surface area contributed by atoms with Gasteiger partial charge in [-0.1, -0.05) is 26.7 Å². The summed E-state index contributed by atoms with van der Waals surface area (Å²) in [5.41, 5.74) is 0. The zero-order chi connectivity index (χ0) is 14.1. The van der Waals surface area contributed by atoms with Crippen LogP contribution in [0.15, 0.2) is 0 Å². The maximum absolute atomic E-state index is 10.5. The van der Waals surface area contributed by atoms with Gasteiger partial charge in [0.2, 0.25) is 0 Å². The minimum atomic E-state index is -0.0569. The molecule has 2 nitrogen and oxygen atoms in total. The second-order valence-corrected chi connectivity index (χ2v) is 8.03. The molecule has 3 fully saturated rings. The van der Waals surface area contributed by atoms with Crippen LogP contribution in [0.25, 0.3) is 0 Å². The van der Waals surface area contributed by atoms with Gasteiger partial charge in [-0.25, -0.2) is 0 Å². The summed E-state index contributed by atoms with van der Waals surface area (Å²) in [6, 6.07) is 0.844. The monoisotopic (exact) mass is 279 g/mol. The van der Waals surface area contributed by atoms with Gasteiger partial charge in [0.15, 0.2) is 0 Å². The lowest BCUT2D eigenvalue weighted by Gasteiger charge is -2.41. The molecule has 0 aromatic carbocycles. The molecular formula is C18H33NO. The normalized spacial score (nSPS) is 44.2. The van der Waals surface area contributed by atoms with E-state index >= 15 is 0 Å². The van der Waals surface area contributed by atoms with Gasteiger partial charge < -0.3 is 5.11 Å². The number of hydrogen-bond donors (Lipinski definition) is 1. The number of rotatable bonds is 3. The van der Waals surface area contributed by atoms with Crippen molar-refractivity contribution in [2.45, 2.75) is 77.4 Å². The van der Waals surface area contributed by atoms with E-state index in [1.807, 2.05) is 0 Å². The first-order chi connectivity index (χ1) is 9.65. The second-order valence-electron chi connectivity index (χ2n) is 8.03. The molecule has 0 radical (unpaired) electrons. The van der Waals surface area contributed by atoms with Crippen molar-refractivity contribution >= 4 is 0 Å². The zero-order valence-corrected chi connectivity index (χ0v) is 13.4. The maximum atomic E-state index is 10.5. The molecule has 0 aromatic rings. The molecule has 0 aromatic heterocycles. The Bertz CT molecular complexity index is 301. The Hall–Kier alpha value is -0.0800. The summed E-state index contributed by atoms with van der Waals surface area (Å²) < 4.78 is 0. The van der Waals surface area contributed by atoms with Crippen molar-refractivity contribution in [1.82, 2.24) is 4.90 Å². The summed E-state index contributed by atoms with van der Waals surface area (Å²) in [5, 5.41) is 10.5. The van der Waals surface area contributed by atoms with Gasteiger partial charge in [-0.05, 0) is 62.8 Å². The fourth-order valence-corrected chi connectivity index (χ4v) is 5.40. The highest BCUT2D eigenvalue weighted by Crippen LogP contribution is 2.39. The largest absolute Gasteiger partial charge is 0.393 e. The van der Waals surface area contributed by atoms with E-state index in [0.717, 1.165) is 24.9 Å². The van der Waals surface area contributed by atoms with Crippen molar-refractivity contribution in [1.29, 1.82) is 0 Å². The van der Waals surface area contributed by atoms with Crippen LogP contribution in [0.3, 0.4) is 0 Å². The van der Waals surface area contributed by atoms with E-state index in [-0.39, 0.29) is 6.10 Å². The van der Waals surface area contributed by atoms with Gasteiger partial charge in [0.05, 0.1) is 6.10 Å². The fraction of sp³-hybridized carbons (Fsp3) is 1.00. The molecule has 1 N–H and O–H groups in total. The van der Waals surface area contributed by atoms with Gasteiger partial charge in [0, 0.05) is 18.5 Å². The number of likely N-dealkylation sites (tertiary alicyclic amines) is 1. The highest BCUT2D eigenvalue weighted by atomic mass is 16.3. The molecule has 1 aliphatic heterocycles. The molecule has 1 heterocycles. The molecule has 5 unspecified atom stereocenters. The fourth-order valence-electron chi connectivity index (χ4n) is 5.40. The Labute approximate surface area is 124 Å². The van der Waals surface area contributed by atoms with Crippen LogP contribution >= 0.6 is 0 Å². The van der Waals surface area contributed by atoms with Crippen molar-refractivity contribution in [3.8, 4) is 0 Å². The third-order valence-electron chi connectivity index (χ3n) is 6.45. The van der Waals surface area contributed by atoms with Gasteiger partial charge in [0.1, 0.15) is 0 Å². The number of aliphatic hydroxyl groups excluding tert-OH is 1. The predicted octanol–water partition coefficient (Wildman–Crippen LogP) is 3.68. The lowest BCUT2D eigenvalue weighted by Crippen LogP contribution is -2.45. The van der Waals surface area contributed by atoms with Gasteiger partial charge in [-0.3, -0.25) is 4.90 Å². The average molecular weight is 279 g/mol. The Balaban J connectivity index is 1.60. The van der Waals surface area contributed by atoms with Gasteiger partial charge in [-0.15, -0.1) is 0 Å². The molecule has 20 heavy (non-hydrogen) atoms. The van der Waals surface area contributed by atoms with Crippen LogP contribution in [0, 0.1) is 23.7 Å². The third kappa shape index (κ3) is 3.06. The molecular weight excluding hydrogens is 246 g/mol. The van der Waals surface area contributed by atoms with Gasteiger partial charge in [0.25, 0.3) is 0 Å². The standard InChI is InChI=1S/C18H33NO/c1-13-10-14(2)16(18(20)11-13)12-19-9-5-8-17(19)15-6-3-4-7-15/h13-18,20H,3-12H2,1-2H3. The van der Waals surface area contributed by atoms with E-state index in [1.54, 1.807) is 0 Å². The lowest BCUT2D eigenvalue weighted by atomic mass is 9.73. The summed E-state index contributed by atoms with van der Waals surface area (Å²) in [7, 11) is 0. The van der Waals surface area contributed by atoms with Crippen molar-refractivity contribution < 1.29 is 5.11 Å². The molecule has 3 rings (SSSR count). The summed E-state index contributed by atoms with van der Waals surface area (Å²) in [4.78, 5) is 2.76. The topological polar surface area (TPSA) is 23.5 Å². The molecule has 0 amide bonds. The Morgan fingerprint density at radius 1 is 1.00 bits per heavy atom. The maximum Gasteiger partial charge on any atom is 0.0585 e. The highest BCUT2D eigenvalue weighted by Gasteiger charge is 2.38. The van der Waals surface area contributed by atoms with Crippen molar-refractivity contribution in [3.05, 3.63) is 0 Å². The SMILES string of the molecule is CC1CC(C)C(CN2CCCC2C2CCCC2)C(O)C1. The van der Waals surface area contributed by atoms with E-state index in [0.29, 0.717) is 17.8 Å². The Morgan fingerprint density at radius 3 is 2.45 bits per heavy atom. The average Bonchev–Trinajstić information content (AvgIpc) is 3.04. The van der Waals surface area contributed by atoms with Gasteiger partial charge in [-0.2, -0.15) is 0 Å². The quantitative estimate of drug-likeness (QED) is 0.852. The third-order valence-corrected chi connectivity index (χ3v) is 6.45. The summed E-state index contributed by atoms with van der Waals surface area (Å²) in [6.45, 7) is 7.11. The van der Waals surface area contributed by atoms with Gasteiger partial charge >= 0.3 is 0 Å². The molecule has 5 atom stereocenters. The minimum absolute atomic E-state index is 0.0569. The van der Waals surface area contributed by atoms with Crippen molar-refractivity contribution in [3.63, 3.8) is 0 Å². The molecule has 2 heteroatoms. The van der Waals surface area contributed by atoms with Crippen LogP contribution in [-0.2, 0) is 0 Å². The summed E-state index contributed by atoms with van der Waals surface area (Å²) >= 11 is 0. The summed E-state index contributed by atoms with van der Waals surface area (Å²) in [5.74, 6) is 2.89. The molecule has 1 saturated heterocycles. The molecule has 116 valence electrons. The second kappa shape index (κ2) is 6.36. The first-order valence-electron chi connectivity index (χ1n) is 9.07. The minimum Gasteiger partial charge on any atom is -0.393 e. The van der Waals surface area contributed by atoms with E-state index in [4.69, 9.17) is 0 Å². The molecule has 0 bridgehead atoms. The molecule has 0 spiro atoms. The van der Waals surface area contributed by atoms with Crippen LogP contribution in [0.1, 0.15) is 65.2 Å². The van der Waals surface area contributed by atoms with E-state index < -0.39 is 0 Å². The summed E-state index contributed by atoms with van der Waals surface area (Å²) in [6.07, 6.45) is 10.9. The van der Waals surface area contributed by atoms with E-state index in [1.165, 1.54) is 51.5 Å². The van der Waals surface area contributed by atoms with E-state index in [9.17, 15) is 5.11 Å². The molecule has 2 saturated carbocycles. The smallest absolute Gasteiger partial charge is 0.0585 e. The number of hydrogen-bond acceptors (Lipinski definition) is 2. The van der Waals surface area contributed by atoms with Crippen LogP contribution in [-0.4, -0.2) is 35.2 Å². The molecule has 2 aliphatic carbocycles. The van der Waals surface area contributed by atoms with Crippen LogP contribution in [0.5, 0.6) is 0 Å². The predicted molar refractivity (Wildman–Crippen MR) is 83.6 cm³/mol. The lowest BCUT2D eigenvalue weighted by molar-refractivity contribution is -0.00749. The Morgan fingerprint density at radius 2 is 1.75 bits per heavy atom. The van der Waals surface area contributed by atoms with Crippen LogP contribution in [0.2, 0.25) is 0 Å². The molecule has 3 aliphatic rings. The first kappa shape index (κ1) is 14.8.